The first-order valence-electron chi connectivity index (χ1n) is 10.2. The number of hydrogen-bond acceptors (Lipinski definition) is 8. The fourth-order valence-electron chi connectivity index (χ4n) is 3.24. The maximum absolute atomic E-state index is 8.09. The van der Waals surface area contributed by atoms with Crippen molar-refractivity contribution in [2.45, 2.75) is 25.9 Å². The average molecular weight is 419 g/mol. The van der Waals surface area contributed by atoms with Gasteiger partial charge in [0, 0.05) is 18.8 Å². The first kappa shape index (κ1) is 20.4. The molecule has 0 unspecified atom stereocenters. The van der Waals surface area contributed by atoms with E-state index in [4.69, 9.17) is 20.6 Å². The summed E-state index contributed by atoms with van der Waals surface area (Å²) in [5, 5.41) is 11.2. The number of nitrogens with one attached hydrogen (secondary N) is 2. The van der Waals surface area contributed by atoms with Gasteiger partial charge >= 0.3 is 0 Å². The second-order valence-electron chi connectivity index (χ2n) is 7.14. The predicted molar refractivity (Wildman–Crippen MR) is 118 cm³/mol. The fourth-order valence-corrected chi connectivity index (χ4v) is 3.24. The van der Waals surface area contributed by atoms with Crippen LogP contribution in [0.2, 0.25) is 0 Å². The van der Waals surface area contributed by atoms with Crippen LogP contribution in [0.25, 0.3) is 0 Å². The molecule has 160 valence electrons. The number of aromatic nitrogens is 3. The quantitative estimate of drug-likeness (QED) is 0.406. The molecule has 2 aromatic carbocycles. The van der Waals surface area contributed by atoms with Gasteiger partial charge in [0.05, 0.1) is 0 Å². The Morgan fingerprint density at radius 3 is 2.39 bits per heavy atom. The smallest absolute Gasteiger partial charge is 0.284 e. The highest BCUT2D eigenvalue weighted by Gasteiger charge is 2.15. The van der Waals surface area contributed by atoms with Crippen molar-refractivity contribution in [1.82, 2.24) is 19.9 Å². The van der Waals surface area contributed by atoms with Gasteiger partial charge in [0.15, 0.2) is 12.4 Å². The molecule has 4 rings (SSSR count). The molecule has 0 amide bonds. The number of benzene rings is 2. The van der Waals surface area contributed by atoms with Crippen LogP contribution >= 0.6 is 0 Å². The molecule has 31 heavy (non-hydrogen) atoms. The number of para-hydroxylation sites is 1. The highest BCUT2D eigenvalue weighted by atomic mass is 16.5. The van der Waals surface area contributed by atoms with Crippen molar-refractivity contribution < 1.29 is 9.47 Å². The molecule has 0 saturated carbocycles. The molecule has 1 fully saturated rings. The molecule has 0 spiro atoms. The topological polar surface area (TPSA) is 122 Å². The molecular formula is C22H25N7O2. The van der Waals surface area contributed by atoms with Crippen LogP contribution in [0.5, 0.6) is 11.5 Å². The molecule has 4 N–H and O–H groups in total. The van der Waals surface area contributed by atoms with Crippen LogP contribution in [-0.2, 0) is 11.3 Å². The van der Waals surface area contributed by atoms with Crippen molar-refractivity contribution in [2.75, 3.05) is 24.1 Å². The third-order valence-electron chi connectivity index (χ3n) is 4.77. The number of amidine groups is 1. The Labute approximate surface area is 180 Å². The van der Waals surface area contributed by atoms with E-state index < -0.39 is 0 Å². The summed E-state index contributed by atoms with van der Waals surface area (Å²) in [6, 6.07) is 17.1. The zero-order chi connectivity index (χ0) is 21.5. The van der Waals surface area contributed by atoms with E-state index in [0.717, 1.165) is 43.1 Å². The maximum atomic E-state index is 8.09. The van der Waals surface area contributed by atoms with E-state index in [-0.39, 0.29) is 18.6 Å². The largest absolute Gasteiger partial charge is 0.457 e. The summed E-state index contributed by atoms with van der Waals surface area (Å²) >= 11 is 0. The minimum atomic E-state index is 0.0561. The highest BCUT2D eigenvalue weighted by molar-refractivity contribution is 5.70. The van der Waals surface area contributed by atoms with Crippen molar-refractivity contribution in [3.63, 3.8) is 0 Å². The zero-order valence-corrected chi connectivity index (χ0v) is 17.1. The minimum Gasteiger partial charge on any atom is -0.457 e. The standard InChI is InChI=1S/C22H25N7O2/c23-20-26-19(15-30-21(24)29-13-5-2-6-14-29)27-22(28-20)25-16-9-11-18(12-10-16)31-17-7-3-1-4-8-17/h1,3-4,7-12,24H,2,5-6,13-15H2,(H3,23,25,26,27,28). The molecule has 1 aromatic heterocycles. The SMILES string of the molecule is N=C(OCc1nc(N)nc(Nc2ccc(Oc3ccccc3)cc2)n1)N1CCCCC1. The Hall–Kier alpha value is -3.88. The van der Waals surface area contributed by atoms with Crippen LogP contribution in [0.15, 0.2) is 54.6 Å². The Morgan fingerprint density at radius 2 is 1.65 bits per heavy atom. The van der Waals surface area contributed by atoms with Crippen LogP contribution < -0.4 is 15.8 Å². The molecule has 0 bridgehead atoms. The van der Waals surface area contributed by atoms with Crippen LogP contribution in [0, 0.1) is 5.41 Å². The lowest BCUT2D eigenvalue weighted by atomic mass is 10.1. The van der Waals surface area contributed by atoms with Crippen LogP contribution in [0.3, 0.4) is 0 Å². The normalized spacial score (nSPS) is 13.5. The fraction of sp³-hybridized carbons (Fsp3) is 0.273. The number of piperidine rings is 1. The first-order valence-corrected chi connectivity index (χ1v) is 10.2. The monoisotopic (exact) mass is 419 g/mol. The molecule has 1 saturated heterocycles. The summed E-state index contributed by atoms with van der Waals surface area (Å²) in [5.41, 5.74) is 6.61. The summed E-state index contributed by atoms with van der Waals surface area (Å²) in [7, 11) is 0. The highest BCUT2D eigenvalue weighted by Crippen LogP contribution is 2.23. The number of rotatable bonds is 6. The van der Waals surface area contributed by atoms with Crippen molar-refractivity contribution >= 4 is 23.6 Å². The molecule has 0 aliphatic carbocycles. The van der Waals surface area contributed by atoms with E-state index in [1.165, 1.54) is 6.42 Å². The van der Waals surface area contributed by atoms with Crippen molar-refractivity contribution in [3.05, 3.63) is 60.4 Å². The second kappa shape index (κ2) is 9.75. The van der Waals surface area contributed by atoms with E-state index in [9.17, 15) is 0 Å². The molecular weight excluding hydrogens is 394 g/mol. The van der Waals surface area contributed by atoms with Gasteiger partial charge in [0.1, 0.15) is 11.5 Å². The molecule has 2 heterocycles. The van der Waals surface area contributed by atoms with Crippen LogP contribution in [0.4, 0.5) is 17.6 Å². The lowest BCUT2D eigenvalue weighted by Crippen LogP contribution is -2.36. The number of nitrogen functional groups attached to an aromatic ring is 1. The van der Waals surface area contributed by atoms with Gasteiger partial charge in [-0.1, -0.05) is 18.2 Å². The van der Waals surface area contributed by atoms with E-state index in [1.807, 2.05) is 59.5 Å². The number of likely N-dealkylation sites (tertiary alicyclic amines) is 1. The number of nitrogens with two attached hydrogens (primary N) is 1. The summed E-state index contributed by atoms with van der Waals surface area (Å²) < 4.78 is 11.4. The zero-order valence-electron chi connectivity index (χ0n) is 17.1. The summed E-state index contributed by atoms with van der Waals surface area (Å²) in [4.78, 5) is 14.5. The Morgan fingerprint density at radius 1 is 0.935 bits per heavy atom. The predicted octanol–water partition coefficient (Wildman–Crippen LogP) is 3.93. The maximum Gasteiger partial charge on any atom is 0.284 e. The molecule has 1 aliphatic rings. The van der Waals surface area contributed by atoms with Gasteiger partial charge in [0.25, 0.3) is 6.02 Å². The third kappa shape index (κ3) is 5.81. The average Bonchev–Trinajstić information content (AvgIpc) is 2.80. The van der Waals surface area contributed by atoms with Crippen molar-refractivity contribution in [3.8, 4) is 11.5 Å². The molecule has 3 aromatic rings. The molecule has 0 radical (unpaired) electrons. The lowest BCUT2D eigenvalue weighted by molar-refractivity contribution is 0.196. The van der Waals surface area contributed by atoms with E-state index in [1.54, 1.807) is 0 Å². The van der Waals surface area contributed by atoms with Gasteiger partial charge < -0.3 is 25.4 Å². The van der Waals surface area contributed by atoms with E-state index >= 15 is 0 Å². The van der Waals surface area contributed by atoms with E-state index in [2.05, 4.69) is 20.3 Å². The van der Waals surface area contributed by atoms with Crippen molar-refractivity contribution in [2.24, 2.45) is 0 Å². The number of nitrogens with zero attached hydrogens (tertiary/aromatic N) is 4. The van der Waals surface area contributed by atoms with Gasteiger partial charge in [-0.2, -0.15) is 15.0 Å². The Kier molecular flexibility index (Phi) is 6.41. The van der Waals surface area contributed by atoms with Gasteiger partial charge in [-0.15, -0.1) is 0 Å². The summed E-state index contributed by atoms with van der Waals surface area (Å²) in [5.74, 6) is 2.25. The Balaban J connectivity index is 1.36. The van der Waals surface area contributed by atoms with Crippen molar-refractivity contribution in [1.29, 1.82) is 5.41 Å². The molecule has 9 heteroatoms. The number of ether oxygens (including phenoxy) is 2. The lowest BCUT2D eigenvalue weighted by Gasteiger charge is -2.27. The first-order chi connectivity index (χ1) is 15.2. The number of hydrogen-bond donors (Lipinski definition) is 3. The van der Waals surface area contributed by atoms with Gasteiger partial charge in [-0.3, -0.25) is 5.41 Å². The molecule has 1 aliphatic heterocycles. The minimum absolute atomic E-state index is 0.0561. The van der Waals surface area contributed by atoms with Gasteiger partial charge in [0.2, 0.25) is 11.9 Å². The summed E-state index contributed by atoms with van der Waals surface area (Å²) in [6.45, 7) is 1.74. The van der Waals surface area contributed by atoms with Crippen LogP contribution in [0.1, 0.15) is 25.1 Å². The van der Waals surface area contributed by atoms with Crippen LogP contribution in [-0.4, -0.2) is 39.0 Å². The van der Waals surface area contributed by atoms with Gasteiger partial charge in [-0.25, -0.2) is 0 Å². The Bertz CT molecular complexity index is 1010. The second-order valence-corrected chi connectivity index (χ2v) is 7.14. The summed E-state index contributed by atoms with van der Waals surface area (Å²) in [6.07, 6.45) is 3.35. The number of anilines is 3. The van der Waals surface area contributed by atoms with E-state index in [0.29, 0.717) is 11.8 Å². The van der Waals surface area contributed by atoms with Gasteiger partial charge in [-0.05, 0) is 55.7 Å². The molecule has 0 atom stereocenters. The third-order valence-corrected chi connectivity index (χ3v) is 4.77. The molecule has 9 nitrogen and oxygen atoms in total.